The largest absolute Gasteiger partial charge is 0.497 e. The Bertz CT molecular complexity index is 820. The van der Waals surface area contributed by atoms with Gasteiger partial charge in [-0.1, -0.05) is 17.7 Å². The molecule has 124 valence electrons. The van der Waals surface area contributed by atoms with Crippen LogP contribution in [0.1, 0.15) is 22.8 Å². The first-order chi connectivity index (χ1) is 11.4. The zero-order chi connectivity index (χ0) is 17.3. The molecule has 2 aromatic carbocycles. The van der Waals surface area contributed by atoms with E-state index in [9.17, 15) is 9.59 Å². The molecule has 0 fully saturated rings. The summed E-state index contributed by atoms with van der Waals surface area (Å²) in [5.74, 6) is -0.318. The summed E-state index contributed by atoms with van der Waals surface area (Å²) < 4.78 is 10.5. The number of hydrogen-bond acceptors (Lipinski definition) is 4. The minimum atomic E-state index is -1.31. The lowest BCUT2D eigenvalue weighted by Crippen LogP contribution is -2.48. The number of carbonyl (C=O) groups excluding carboxylic acids is 2. The van der Waals surface area contributed by atoms with Crippen molar-refractivity contribution in [3.63, 3.8) is 0 Å². The van der Waals surface area contributed by atoms with Crippen LogP contribution in [0.3, 0.4) is 0 Å². The molecule has 1 N–H and O–H groups in total. The minimum absolute atomic E-state index is 0.254. The Balaban J connectivity index is 1.85. The standard InChI is InChI=1S/C18H16ClNO4/c1-18(17(22)20-13-4-3-5-14(9-13)23-2)10-11-8-12(19)6-7-15(11)16(21)24-18/h3-9H,10H2,1-2H3,(H,20,22)/t18-/m1/s1. The van der Waals surface area contributed by atoms with Crippen molar-refractivity contribution < 1.29 is 19.1 Å². The summed E-state index contributed by atoms with van der Waals surface area (Å²) in [6.07, 6.45) is 0.254. The Morgan fingerprint density at radius 2 is 2.08 bits per heavy atom. The van der Waals surface area contributed by atoms with E-state index in [2.05, 4.69) is 5.32 Å². The van der Waals surface area contributed by atoms with Crippen molar-refractivity contribution in [2.24, 2.45) is 0 Å². The summed E-state index contributed by atoms with van der Waals surface area (Å²) in [5.41, 5.74) is 0.388. The molecule has 1 aliphatic rings. The van der Waals surface area contributed by atoms with Gasteiger partial charge in [0.15, 0.2) is 5.60 Å². The van der Waals surface area contributed by atoms with Gasteiger partial charge in [-0.3, -0.25) is 4.79 Å². The molecule has 0 radical (unpaired) electrons. The average Bonchev–Trinajstić information content (AvgIpc) is 2.54. The molecule has 0 aromatic heterocycles. The third-order valence-corrected chi connectivity index (χ3v) is 4.18. The Labute approximate surface area is 144 Å². The lowest BCUT2D eigenvalue weighted by molar-refractivity contribution is -0.134. The molecule has 1 atom stereocenters. The fourth-order valence-electron chi connectivity index (χ4n) is 2.66. The van der Waals surface area contributed by atoms with Crippen LogP contribution in [0.2, 0.25) is 5.02 Å². The lowest BCUT2D eigenvalue weighted by Gasteiger charge is -2.33. The zero-order valence-electron chi connectivity index (χ0n) is 13.3. The molecule has 3 rings (SSSR count). The number of carbonyl (C=O) groups is 2. The van der Waals surface area contributed by atoms with Gasteiger partial charge in [0.2, 0.25) is 0 Å². The van der Waals surface area contributed by atoms with Crippen LogP contribution in [-0.4, -0.2) is 24.6 Å². The van der Waals surface area contributed by atoms with E-state index in [0.717, 1.165) is 0 Å². The molecule has 1 aliphatic heterocycles. The molecule has 1 amide bonds. The van der Waals surface area contributed by atoms with Crippen molar-refractivity contribution in [3.8, 4) is 5.75 Å². The molecule has 0 saturated carbocycles. The van der Waals surface area contributed by atoms with E-state index in [1.54, 1.807) is 56.5 Å². The molecule has 2 aromatic rings. The van der Waals surface area contributed by atoms with E-state index in [-0.39, 0.29) is 6.42 Å². The summed E-state index contributed by atoms with van der Waals surface area (Å²) in [4.78, 5) is 24.9. The van der Waals surface area contributed by atoms with Crippen molar-refractivity contribution in [1.29, 1.82) is 0 Å². The topological polar surface area (TPSA) is 64.6 Å². The van der Waals surface area contributed by atoms with Crippen molar-refractivity contribution in [1.82, 2.24) is 0 Å². The van der Waals surface area contributed by atoms with Gasteiger partial charge in [-0.25, -0.2) is 4.79 Å². The number of esters is 1. The van der Waals surface area contributed by atoms with Crippen LogP contribution in [-0.2, 0) is 16.0 Å². The van der Waals surface area contributed by atoms with Crippen molar-refractivity contribution in [3.05, 3.63) is 58.6 Å². The van der Waals surface area contributed by atoms with E-state index in [4.69, 9.17) is 21.1 Å². The number of cyclic esters (lactones) is 1. The summed E-state index contributed by atoms with van der Waals surface area (Å²) in [5, 5.41) is 3.28. The molecule has 0 bridgehead atoms. The predicted octanol–water partition coefficient (Wildman–Crippen LogP) is 3.46. The van der Waals surface area contributed by atoms with Gasteiger partial charge < -0.3 is 14.8 Å². The van der Waals surface area contributed by atoms with Crippen LogP contribution in [0.15, 0.2) is 42.5 Å². The van der Waals surface area contributed by atoms with Gasteiger partial charge in [-0.15, -0.1) is 0 Å². The summed E-state index contributed by atoms with van der Waals surface area (Å²) in [6, 6.07) is 11.9. The molecule has 0 spiro atoms. The van der Waals surface area contributed by atoms with Gasteiger partial charge in [0, 0.05) is 23.2 Å². The third-order valence-electron chi connectivity index (χ3n) is 3.94. The Morgan fingerprint density at radius 1 is 1.29 bits per heavy atom. The van der Waals surface area contributed by atoms with Crippen LogP contribution in [0.4, 0.5) is 5.69 Å². The Kier molecular flexibility index (Phi) is 4.20. The lowest BCUT2D eigenvalue weighted by atomic mass is 9.89. The number of amides is 1. The van der Waals surface area contributed by atoms with Crippen molar-refractivity contribution in [2.45, 2.75) is 18.9 Å². The van der Waals surface area contributed by atoms with Crippen LogP contribution >= 0.6 is 11.6 Å². The second-order valence-electron chi connectivity index (χ2n) is 5.78. The number of nitrogens with one attached hydrogen (secondary N) is 1. The Hall–Kier alpha value is -2.53. The van der Waals surface area contributed by atoms with Crippen molar-refractivity contribution >= 4 is 29.2 Å². The maximum Gasteiger partial charge on any atom is 0.339 e. The van der Waals surface area contributed by atoms with Crippen molar-refractivity contribution in [2.75, 3.05) is 12.4 Å². The molecule has 0 aliphatic carbocycles. The fraction of sp³-hybridized carbons (Fsp3) is 0.222. The first kappa shape index (κ1) is 16.3. The number of ether oxygens (including phenoxy) is 2. The molecular weight excluding hydrogens is 330 g/mol. The maximum atomic E-state index is 12.7. The third kappa shape index (κ3) is 3.08. The summed E-state index contributed by atoms with van der Waals surface area (Å²) in [7, 11) is 1.55. The van der Waals surface area contributed by atoms with Gasteiger partial charge in [-0.05, 0) is 42.8 Å². The highest BCUT2D eigenvalue weighted by atomic mass is 35.5. The second-order valence-corrected chi connectivity index (χ2v) is 6.22. The number of benzene rings is 2. The molecular formula is C18H16ClNO4. The molecule has 0 saturated heterocycles. The zero-order valence-corrected chi connectivity index (χ0v) is 14.0. The van der Waals surface area contributed by atoms with Crippen LogP contribution in [0.25, 0.3) is 0 Å². The van der Waals surface area contributed by atoms with E-state index in [0.29, 0.717) is 27.6 Å². The van der Waals surface area contributed by atoms with Gasteiger partial charge in [0.05, 0.1) is 12.7 Å². The van der Waals surface area contributed by atoms with E-state index in [1.807, 2.05) is 0 Å². The van der Waals surface area contributed by atoms with Crippen LogP contribution in [0.5, 0.6) is 5.75 Å². The molecule has 24 heavy (non-hydrogen) atoms. The highest BCUT2D eigenvalue weighted by molar-refractivity contribution is 6.30. The first-order valence-electron chi connectivity index (χ1n) is 7.38. The number of hydrogen-bond donors (Lipinski definition) is 1. The quantitative estimate of drug-likeness (QED) is 0.865. The van der Waals surface area contributed by atoms with Crippen LogP contribution < -0.4 is 10.1 Å². The molecule has 1 heterocycles. The van der Waals surface area contributed by atoms with Gasteiger partial charge >= 0.3 is 5.97 Å². The SMILES string of the molecule is COc1cccc(NC(=O)[C@@]2(C)Cc3cc(Cl)ccc3C(=O)O2)c1. The fourth-order valence-corrected chi connectivity index (χ4v) is 2.85. The van der Waals surface area contributed by atoms with Crippen LogP contribution in [0, 0.1) is 0 Å². The molecule has 0 unspecified atom stereocenters. The number of anilines is 1. The van der Waals surface area contributed by atoms with Gasteiger partial charge in [0.25, 0.3) is 5.91 Å². The monoisotopic (exact) mass is 345 g/mol. The van der Waals surface area contributed by atoms with E-state index >= 15 is 0 Å². The normalized spacial score (nSPS) is 19.2. The highest BCUT2D eigenvalue weighted by Crippen LogP contribution is 2.31. The first-order valence-corrected chi connectivity index (χ1v) is 7.76. The van der Waals surface area contributed by atoms with Gasteiger partial charge in [0.1, 0.15) is 5.75 Å². The number of halogens is 1. The smallest absolute Gasteiger partial charge is 0.339 e. The number of methoxy groups -OCH3 is 1. The predicted molar refractivity (Wildman–Crippen MR) is 90.6 cm³/mol. The molecule has 5 nitrogen and oxygen atoms in total. The maximum absolute atomic E-state index is 12.7. The highest BCUT2D eigenvalue weighted by Gasteiger charge is 2.42. The summed E-state index contributed by atoms with van der Waals surface area (Å²) in [6.45, 7) is 1.59. The Morgan fingerprint density at radius 3 is 2.83 bits per heavy atom. The minimum Gasteiger partial charge on any atom is -0.497 e. The van der Waals surface area contributed by atoms with Gasteiger partial charge in [-0.2, -0.15) is 0 Å². The second kappa shape index (κ2) is 6.17. The van der Waals surface area contributed by atoms with E-state index in [1.165, 1.54) is 0 Å². The molecule has 6 heteroatoms. The summed E-state index contributed by atoms with van der Waals surface area (Å²) >= 11 is 5.99. The number of rotatable bonds is 3. The van der Waals surface area contributed by atoms with E-state index < -0.39 is 17.5 Å². The number of fused-ring (bicyclic) bond motifs is 1. The average molecular weight is 346 g/mol.